The summed E-state index contributed by atoms with van der Waals surface area (Å²) in [7, 11) is 0. The molecule has 4 heterocycles. The number of nitrogens with zero attached hydrogens (tertiary/aromatic N) is 6. The van der Waals surface area contributed by atoms with Crippen molar-refractivity contribution >= 4 is 39.6 Å². The van der Waals surface area contributed by atoms with Crippen LogP contribution in [0.25, 0.3) is 22.2 Å². The first-order chi connectivity index (χ1) is 18.9. The summed E-state index contributed by atoms with van der Waals surface area (Å²) in [5.74, 6) is 0.788. The number of halogens is 4. The number of anilines is 1. The van der Waals surface area contributed by atoms with Crippen molar-refractivity contribution in [1.82, 2.24) is 34.4 Å². The number of ether oxygens (including phenoxy) is 1. The topological polar surface area (TPSA) is 151 Å². The van der Waals surface area contributed by atoms with Crippen LogP contribution in [0.15, 0.2) is 24.8 Å². The highest BCUT2D eigenvalue weighted by Gasteiger charge is 2.45. The Balaban J connectivity index is 1.19. The van der Waals surface area contributed by atoms with E-state index in [0.717, 1.165) is 18.9 Å². The highest BCUT2D eigenvalue weighted by Crippen LogP contribution is 2.37. The molecular weight excluding hydrogens is 553 g/mol. The minimum atomic E-state index is -4.54. The fourth-order valence-corrected chi connectivity index (χ4v) is 5.25. The van der Waals surface area contributed by atoms with Gasteiger partial charge in [-0.1, -0.05) is 11.6 Å². The van der Waals surface area contributed by atoms with Gasteiger partial charge in [-0.25, -0.2) is 19.9 Å². The smallest absolute Gasteiger partial charge is 0.387 e. The van der Waals surface area contributed by atoms with E-state index in [-0.39, 0.29) is 22.4 Å². The SMILES string of the molecule is CC(C)N(CCCCc1nc2cc(Cl)c(C(F)(F)F)cc2[nH]1)C[C@H]1O[C@@H](n2cnc3c(N)ncnc32)[C@H](O)[C@@H]1O. The molecule has 4 atom stereocenters. The first kappa shape index (κ1) is 28.5. The third-order valence-electron chi connectivity index (χ3n) is 7.18. The van der Waals surface area contributed by atoms with E-state index >= 15 is 0 Å². The van der Waals surface area contributed by atoms with E-state index in [2.05, 4.69) is 29.8 Å². The second-order valence-corrected chi connectivity index (χ2v) is 10.6. The van der Waals surface area contributed by atoms with Gasteiger partial charge in [0.15, 0.2) is 17.7 Å². The molecule has 3 aromatic heterocycles. The van der Waals surface area contributed by atoms with Crippen LogP contribution in [-0.4, -0.2) is 82.0 Å². The number of aryl methyl sites for hydroxylation is 1. The third kappa shape index (κ3) is 5.59. The fraction of sp³-hybridized carbons (Fsp3) is 0.520. The zero-order valence-corrected chi connectivity index (χ0v) is 22.6. The summed E-state index contributed by atoms with van der Waals surface area (Å²) in [6.07, 6.45) is -3.65. The Morgan fingerprint density at radius 3 is 2.67 bits per heavy atom. The first-order valence-corrected chi connectivity index (χ1v) is 13.3. The monoisotopic (exact) mass is 582 g/mol. The van der Waals surface area contributed by atoms with Gasteiger partial charge in [0.2, 0.25) is 0 Å². The normalized spacial score (nSPS) is 21.9. The van der Waals surface area contributed by atoms with Gasteiger partial charge in [0.25, 0.3) is 0 Å². The molecule has 4 aromatic rings. The Labute approximate surface area is 232 Å². The summed E-state index contributed by atoms with van der Waals surface area (Å²) in [6, 6.07) is 2.34. The maximum absolute atomic E-state index is 13.2. The van der Waals surface area contributed by atoms with Gasteiger partial charge in [0, 0.05) is 19.0 Å². The summed E-state index contributed by atoms with van der Waals surface area (Å²) < 4.78 is 47.1. The van der Waals surface area contributed by atoms with E-state index in [9.17, 15) is 23.4 Å². The Morgan fingerprint density at radius 2 is 1.95 bits per heavy atom. The highest BCUT2D eigenvalue weighted by molar-refractivity contribution is 6.32. The van der Waals surface area contributed by atoms with E-state index in [4.69, 9.17) is 22.1 Å². The molecule has 40 heavy (non-hydrogen) atoms. The van der Waals surface area contributed by atoms with Gasteiger partial charge in [-0.2, -0.15) is 13.2 Å². The zero-order valence-electron chi connectivity index (χ0n) is 21.8. The molecule has 1 aliphatic rings. The lowest BCUT2D eigenvalue weighted by Gasteiger charge is -2.30. The Morgan fingerprint density at radius 1 is 1.18 bits per heavy atom. The average molecular weight is 583 g/mol. The molecule has 5 rings (SSSR count). The molecule has 216 valence electrons. The number of H-pyrrole nitrogens is 1. The molecule has 1 aliphatic heterocycles. The second-order valence-electron chi connectivity index (χ2n) is 10.2. The summed E-state index contributed by atoms with van der Waals surface area (Å²) in [5.41, 5.74) is 6.42. The number of aromatic nitrogens is 6. The number of aromatic amines is 1. The van der Waals surface area contributed by atoms with Crippen LogP contribution >= 0.6 is 11.6 Å². The maximum Gasteiger partial charge on any atom is 0.417 e. The van der Waals surface area contributed by atoms with Crippen LogP contribution in [0.3, 0.4) is 0 Å². The molecule has 1 fully saturated rings. The van der Waals surface area contributed by atoms with Crippen LogP contribution in [-0.2, 0) is 17.3 Å². The van der Waals surface area contributed by atoms with Crippen molar-refractivity contribution in [3.8, 4) is 0 Å². The number of aliphatic hydroxyl groups excluding tert-OH is 2. The number of hydrogen-bond acceptors (Lipinski definition) is 9. The van der Waals surface area contributed by atoms with Crippen molar-refractivity contribution in [2.24, 2.45) is 0 Å². The van der Waals surface area contributed by atoms with E-state index in [0.29, 0.717) is 42.0 Å². The number of alkyl halides is 3. The predicted octanol–water partition coefficient (Wildman–Crippen LogP) is 3.31. The number of benzene rings is 1. The summed E-state index contributed by atoms with van der Waals surface area (Å²) in [5, 5.41) is 21.2. The first-order valence-electron chi connectivity index (χ1n) is 12.9. The van der Waals surface area contributed by atoms with Gasteiger partial charge in [0.05, 0.1) is 27.9 Å². The molecule has 0 unspecified atom stereocenters. The molecule has 1 aromatic carbocycles. The number of imidazole rings is 2. The number of rotatable bonds is 9. The molecule has 15 heteroatoms. The Hall–Kier alpha value is -3.04. The largest absolute Gasteiger partial charge is 0.417 e. The number of fused-ring (bicyclic) bond motifs is 2. The van der Waals surface area contributed by atoms with Crippen molar-refractivity contribution < 1.29 is 28.1 Å². The van der Waals surface area contributed by atoms with Crippen LogP contribution in [0.2, 0.25) is 5.02 Å². The van der Waals surface area contributed by atoms with Crippen LogP contribution < -0.4 is 5.73 Å². The van der Waals surface area contributed by atoms with Crippen LogP contribution in [0, 0.1) is 0 Å². The van der Waals surface area contributed by atoms with Gasteiger partial charge in [-0.3, -0.25) is 9.47 Å². The van der Waals surface area contributed by atoms with Gasteiger partial charge < -0.3 is 25.7 Å². The number of hydrogen-bond donors (Lipinski definition) is 4. The number of nitrogens with one attached hydrogen (secondary N) is 1. The predicted molar refractivity (Wildman–Crippen MR) is 141 cm³/mol. The number of nitrogens with two attached hydrogens (primary N) is 1. The third-order valence-corrected chi connectivity index (χ3v) is 7.49. The number of unbranched alkanes of at least 4 members (excludes halogenated alkanes) is 1. The van der Waals surface area contributed by atoms with Crippen LogP contribution in [0.5, 0.6) is 0 Å². The molecule has 0 radical (unpaired) electrons. The van der Waals surface area contributed by atoms with Crippen molar-refractivity contribution in [2.45, 2.75) is 69.9 Å². The average Bonchev–Trinajstić information content (AvgIpc) is 3.56. The van der Waals surface area contributed by atoms with Gasteiger partial charge in [0.1, 0.15) is 36.0 Å². The molecule has 11 nitrogen and oxygen atoms in total. The van der Waals surface area contributed by atoms with Crippen molar-refractivity contribution in [2.75, 3.05) is 18.8 Å². The molecule has 0 aliphatic carbocycles. The number of aliphatic hydroxyl groups is 2. The molecule has 0 spiro atoms. The lowest BCUT2D eigenvalue weighted by Crippen LogP contribution is -2.43. The Bertz CT molecular complexity index is 1490. The Kier molecular flexibility index (Phi) is 7.90. The van der Waals surface area contributed by atoms with Gasteiger partial charge in [-0.05, 0) is 45.4 Å². The highest BCUT2D eigenvalue weighted by atomic mass is 35.5. The van der Waals surface area contributed by atoms with E-state index in [1.165, 1.54) is 18.7 Å². The quantitative estimate of drug-likeness (QED) is 0.218. The van der Waals surface area contributed by atoms with Crippen molar-refractivity contribution in [3.05, 3.63) is 41.2 Å². The zero-order chi connectivity index (χ0) is 28.8. The lowest BCUT2D eigenvalue weighted by molar-refractivity contribution is -0.137. The van der Waals surface area contributed by atoms with E-state index < -0.39 is 36.3 Å². The molecule has 5 N–H and O–H groups in total. The summed E-state index contributed by atoms with van der Waals surface area (Å²) in [4.78, 5) is 21.8. The molecule has 0 saturated carbocycles. The standard InChI is InChI=1S/C25H30ClF3N8O3/c1-12(2)36(6-4-3-5-18-34-15-7-13(25(27,28)29)14(26)8-16(15)35-18)9-17-20(38)21(39)24(40-17)37-11-33-19-22(30)31-10-32-23(19)37/h7-8,10-12,17,20-21,24,38-39H,3-6,9H2,1-2H3,(H,34,35)(H2,30,31,32)/t17-,20-,21-,24-/m1/s1. The molecular formula is C25H30ClF3N8O3. The molecule has 1 saturated heterocycles. The van der Waals surface area contributed by atoms with Gasteiger partial charge >= 0.3 is 6.18 Å². The minimum Gasteiger partial charge on any atom is -0.387 e. The summed E-state index contributed by atoms with van der Waals surface area (Å²) in [6.45, 7) is 5.10. The van der Waals surface area contributed by atoms with Crippen LogP contribution in [0.1, 0.15) is 44.3 Å². The molecule has 0 amide bonds. The molecule has 0 bridgehead atoms. The van der Waals surface area contributed by atoms with Crippen molar-refractivity contribution in [3.63, 3.8) is 0 Å². The van der Waals surface area contributed by atoms with Crippen LogP contribution in [0.4, 0.5) is 19.0 Å². The van der Waals surface area contributed by atoms with E-state index in [1.54, 1.807) is 4.57 Å². The maximum atomic E-state index is 13.2. The number of nitrogen functional groups attached to an aromatic ring is 1. The van der Waals surface area contributed by atoms with Crippen molar-refractivity contribution in [1.29, 1.82) is 0 Å². The summed E-state index contributed by atoms with van der Waals surface area (Å²) >= 11 is 5.81. The minimum absolute atomic E-state index is 0.128. The fourth-order valence-electron chi connectivity index (χ4n) is 4.98. The van der Waals surface area contributed by atoms with Gasteiger partial charge in [-0.15, -0.1) is 0 Å². The second kappa shape index (κ2) is 11.1. The lowest BCUT2D eigenvalue weighted by atomic mass is 10.1. The van der Waals surface area contributed by atoms with E-state index in [1.807, 2.05) is 13.8 Å².